The van der Waals surface area contributed by atoms with Crippen LogP contribution in [0.15, 0.2) is 24.3 Å². The summed E-state index contributed by atoms with van der Waals surface area (Å²) in [5, 5.41) is 22.9. The van der Waals surface area contributed by atoms with Crippen molar-refractivity contribution in [2.24, 2.45) is 11.3 Å². The quantitative estimate of drug-likeness (QED) is 0.386. The first-order valence-electron chi connectivity index (χ1n) is 12.9. The lowest BCUT2D eigenvalue weighted by Gasteiger charge is -2.38. The van der Waals surface area contributed by atoms with E-state index in [-0.39, 0.29) is 25.2 Å². The Bertz CT molecular complexity index is 1020. The molecule has 212 valence electrons. The van der Waals surface area contributed by atoms with Crippen LogP contribution in [0, 0.1) is 11.3 Å². The molecule has 1 aromatic rings. The maximum atomic E-state index is 13.7. The summed E-state index contributed by atoms with van der Waals surface area (Å²) in [4.78, 5) is 51.7. The first-order chi connectivity index (χ1) is 17.5. The lowest BCUT2D eigenvalue weighted by atomic mass is 9.79. The van der Waals surface area contributed by atoms with E-state index < -0.39 is 53.2 Å². The van der Waals surface area contributed by atoms with E-state index in [0.717, 1.165) is 5.56 Å². The van der Waals surface area contributed by atoms with Gasteiger partial charge in [-0.2, -0.15) is 0 Å². The largest absolute Gasteiger partial charge is 0.481 e. The number of aliphatic hydroxyl groups is 1. The van der Waals surface area contributed by atoms with Gasteiger partial charge in [-0.15, -0.1) is 0 Å². The molecular weight excluding hydrogens is 492 g/mol. The number of carbonyl (C=O) groups excluding carboxylic acids is 3. The zero-order valence-corrected chi connectivity index (χ0v) is 23.4. The number of anilines is 1. The van der Waals surface area contributed by atoms with Crippen LogP contribution in [0.3, 0.4) is 0 Å². The van der Waals surface area contributed by atoms with Crippen molar-refractivity contribution in [3.63, 3.8) is 0 Å². The van der Waals surface area contributed by atoms with Crippen molar-refractivity contribution in [2.45, 2.75) is 97.4 Å². The molecule has 3 N–H and O–H groups in total. The van der Waals surface area contributed by atoms with E-state index >= 15 is 0 Å². The van der Waals surface area contributed by atoms with Gasteiger partial charge in [-0.05, 0) is 63.5 Å². The lowest BCUT2D eigenvalue weighted by Crippen LogP contribution is -2.51. The smallest absolute Gasteiger partial charge is 0.407 e. The zero-order chi connectivity index (χ0) is 28.8. The lowest BCUT2D eigenvalue weighted by molar-refractivity contribution is -0.144. The highest BCUT2D eigenvalue weighted by atomic mass is 16.6. The molecule has 0 saturated carbocycles. The molecule has 0 aromatic heterocycles. The number of amides is 2. The molecule has 1 aliphatic heterocycles. The van der Waals surface area contributed by atoms with Gasteiger partial charge in [-0.25, -0.2) is 9.59 Å². The van der Waals surface area contributed by atoms with Gasteiger partial charge in [-0.1, -0.05) is 39.0 Å². The molecule has 2 rings (SSSR count). The fraction of sp³-hybridized carbons (Fsp3) is 0.643. The molecule has 0 saturated heterocycles. The maximum absolute atomic E-state index is 13.7. The number of ether oxygens (including phenoxy) is 2. The summed E-state index contributed by atoms with van der Waals surface area (Å²) in [5.41, 5.74) is 0.0939. The number of nitrogens with one attached hydrogen (secondary N) is 1. The number of hydrogen-bond donors (Lipinski definition) is 3. The van der Waals surface area contributed by atoms with Crippen LogP contribution in [0.4, 0.5) is 10.5 Å². The predicted molar refractivity (Wildman–Crippen MR) is 142 cm³/mol. The van der Waals surface area contributed by atoms with Crippen molar-refractivity contribution < 1.29 is 38.9 Å². The van der Waals surface area contributed by atoms with Gasteiger partial charge >= 0.3 is 18.0 Å². The number of esters is 1. The molecule has 0 spiro atoms. The second-order valence-corrected chi connectivity index (χ2v) is 11.8. The molecule has 0 radical (unpaired) electrons. The number of nitrogens with zero attached hydrogens (tertiary/aromatic N) is 1. The van der Waals surface area contributed by atoms with E-state index in [4.69, 9.17) is 9.47 Å². The highest BCUT2D eigenvalue weighted by molar-refractivity contribution is 6.01. The van der Waals surface area contributed by atoms with Crippen molar-refractivity contribution in [3.8, 4) is 0 Å². The van der Waals surface area contributed by atoms with Gasteiger partial charge in [0.2, 0.25) is 5.91 Å². The van der Waals surface area contributed by atoms with E-state index in [1.165, 1.54) is 18.9 Å². The van der Waals surface area contributed by atoms with Gasteiger partial charge in [0, 0.05) is 12.1 Å². The second-order valence-electron chi connectivity index (χ2n) is 11.8. The summed E-state index contributed by atoms with van der Waals surface area (Å²) in [6.07, 6.45) is -0.802. The third-order valence-electron chi connectivity index (χ3n) is 6.58. The van der Waals surface area contributed by atoms with E-state index in [0.29, 0.717) is 18.5 Å². The Hall–Kier alpha value is -3.14. The van der Waals surface area contributed by atoms with E-state index in [9.17, 15) is 29.4 Å². The average molecular weight is 535 g/mol. The summed E-state index contributed by atoms with van der Waals surface area (Å²) < 4.78 is 10.3. The Morgan fingerprint density at radius 1 is 1.13 bits per heavy atom. The number of carbonyl (C=O) groups is 4. The first kappa shape index (κ1) is 31.1. The Kier molecular flexibility index (Phi) is 10.3. The Morgan fingerprint density at radius 3 is 2.34 bits per heavy atom. The van der Waals surface area contributed by atoms with Crippen LogP contribution in [-0.4, -0.2) is 65.1 Å². The fourth-order valence-corrected chi connectivity index (χ4v) is 4.75. The molecule has 0 bridgehead atoms. The van der Waals surface area contributed by atoms with Crippen LogP contribution in [0.1, 0.15) is 72.8 Å². The average Bonchev–Trinajstić information content (AvgIpc) is 2.80. The molecule has 1 heterocycles. The van der Waals surface area contributed by atoms with Gasteiger partial charge in [0.15, 0.2) is 0 Å². The summed E-state index contributed by atoms with van der Waals surface area (Å²) in [5.74, 6) is -2.69. The second kappa shape index (κ2) is 12.6. The number of alkyl carbamates (subject to hydrolysis) is 1. The number of benzene rings is 1. The fourth-order valence-electron chi connectivity index (χ4n) is 4.75. The molecule has 0 fully saturated rings. The number of carboxylic acids is 1. The van der Waals surface area contributed by atoms with Gasteiger partial charge in [0.1, 0.15) is 11.6 Å². The van der Waals surface area contributed by atoms with Crippen LogP contribution in [0.25, 0.3) is 0 Å². The molecule has 10 heteroatoms. The SMILES string of the molecule is COC(=O)[C@H]1CCc2ccccc2N1C(=O)CC(C)(C)C[C@H](NC(=O)OC(C)(C)C)[C@@H](O)C[C@@H](C)C(=O)O. The number of aliphatic carboxylic acids is 1. The highest BCUT2D eigenvalue weighted by Crippen LogP contribution is 2.36. The zero-order valence-electron chi connectivity index (χ0n) is 23.4. The molecule has 0 aliphatic carbocycles. The Balaban J connectivity index is 2.28. The number of carboxylic acid groups (broad SMARTS) is 1. The van der Waals surface area contributed by atoms with Crippen molar-refractivity contribution in [1.29, 1.82) is 0 Å². The summed E-state index contributed by atoms with van der Waals surface area (Å²) in [7, 11) is 1.29. The third kappa shape index (κ3) is 8.72. The number of hydrogen-bond acceptors (Lipinski definition) is 7. The molecule has 1 aromatic carbocycles. The minimum atomic E-state index is -1.19. The van der Waals surface area contributed by atoms with Crippen molar-refractivity contribution in [1.82, 2.24) is 5.32 Å². The molecular formula is C28H42N2O8. The number of methoxy groups -OCH3 is 1. The van der Waals surface area contributed by atoms with Crippen LogP contribution < -0.4 is 10.2 Å². The van der Waals surface area contributed by atoms with Gasteiger partial charge in [-0.3, -0.25) is 14.5 Å². The van der Waals surface area contributed by atoms with Crippen LogP contribution >= 0.6 is 0 Å². The Labute approximate surface area is 224 Å². The van der Waals surface area contributed by atoms with Gasteiger partial charge < -0.3 is 25.0 Å². The highest BCUT2D eigenvalue weighted by Gasteiger charge is 2.40. The number of aryl methyl sites for hydroxylation is 1. The van der Waals surface area contributed by atoms with Crippen molar-refractivity contribution >= 4 is 29.6 Å². The first-order valence-corrected chi connectivity index (χ1v) is 12.9. The minimum absolute atomic E-state index is 0.00251. The van der Waals surface area contributed by atoms with E-state index in [2.05, 4.69) is 5.32 Å². The van der Waals surface area contributed by atoms with Crippen molar-refractivity contribution in [2.75, 3.05) is 12.0 Å². The van der Waals surface area contributed by atoms with Gasteiger partial charge in [0.25, 0.3) is 0 Å². The standard InChI is InChI=1S/C28H42N2O8/c1-17(24(33)34)14-22(31)19(29-26(36)38-27(2,3)4)15-28(5,6)16-23(32)30-20-11-9-8-10-18(20)12-13-21(30)25(35)37-7/h8-11,17,19,21-22,31H,12-16H2,1-7H3,(H,29,36)(H,33,34)/t17-,19+,21-,22+/m1/s1. The maximum Gasteiger partial charge on any atom is 0.407 e. The van der Waals surface area contributed by atoms with Crippen LogP contribution in [0.2, 0.25) is 0 Å². The molecule has 2 amide bonds. The number of rotatable bonds is 10. The van der Waals surface area contributed by atoms with Crippen LogP contribution in [0.5, 0.6) is 0 Å². The minimum Gasteiger partial charge on any atom is -0.481 e. The molecule has 38 heavy (non-hydrogen) atoms. The summed E-state index contributed by atoms with van der Waals surface area (Å²) in [6.45, 7) is 10.3. The summed E-state index contributed by atoms with van der Waals surface area (Å²) in [6, 6.07) is 5.80. The Morgan fingerprint density at radius 2 is 1.76 bits per heavy atom. The topological polar surface area (TPSA) is 142 Å². The molecule has 4 atom stereocenters. The van der Waals surface area contributed by atoms with Crippen LogP contribution in [-0.2, 0) is 30.3 Å². The number of para-hydroxylation sites is 1. The predicted octanol–water partition coefficient (Wildman–Crippen LogP) is 3.68. The number of aliphatic hydroxyl groups excluding tert-OH is 1. The van der Waals surface area contributed by atoms with Crippen molar-refractivity contribution in [3.05, 3.63) is 29.8 Å². The summed E-state index contributed by atoms with van der Waals surface area (Å²) >= 11 is 0. The monoisotopic (exact) mass is 534 g/mol. The normalized spacial score (nSPS) is 18.0. The molecule has 10 nitrogen and oxygen atoms in total. The van der Waals surface area contributed by atoms with Gasteiger partial charge in [0.05, 0.1) is 25.2 Å². The number of fused-ring (bicyclic) bond motifs is 1. The van der Waals surface area contributed by atoms with E-state index in [1.54, 1.807) is 26.8 Å². The van der Waals surface area contributed by atoms with E-state index in [1.807, 2.05) is 32.0 Å². The molecule has 1 aliphatic rings. The molecule has 0 unspecified atom stereocenters. The third-order valence-corrected chi connectivity index (χ3v) is 6.58.